The van der Waals surface area contributed by atoms with Gasteiger partial charge in [-0.15, -0.1) is 0 Å². The molecule has 0 saturated carbocycles. The normalized spacial score (nSPS) is 19.9. The highest BCUT2D eigenvalue weighted by Crippen LogP contribution is 2.33. The molecule has 0 spiro atoms. The first-order valence-electron chi connectivity index (χ1n) is 7.27. The number of hydrogen-bond acceptors (Lipinski definition) is 3. The SMILES string of the molecule is CCCC(COC)NC1CC(=O)N(C)c2ccccc21. The highest BCUT2D eigenvalue weighted by atomic mass is 16.5. The van der Waals surface area contributed by atoms with Crippen LogP contribution in [-0.2, 0) is 9.53 Å². The number of benzene rings is 1. The molecule has 0 fully saturated rings. The fraction of sp³-hybridized carbons (Fsp3) is 0.562. The molecule has 1 aliphatic heterocycles. The van der Waals surface area contributed by atoms with Crippen LogP contribution in [0.2, 0.25) is 0 Å². The second-order valence-corrected chi connectivity index (χ2v) is 5.38. The van der Waals surface area contributed by atoms with Crippen LogP contribution in [-0.4, -0.2) is 32.7 Å². The number of hydrogen-bond donors (Lipinski definition) is 1. The lowest BCUT2D eigenvalue weighted by molar-refractivity contribution is -0.119. The Morgan fingerprint density at radius 1 is 1.45 bits per heavy atom. The first kappa shape index (κ1) is 15.0. The molecule has 0 aliphatic carbocycles. The van der Waals surface area contributed by atoms with E-state index in [-0.39, 0.29) is 11.9 Å². The molecule has 4 heteroatoms. The summed E-state index contributed by atoms with van der Waals surface area (Å²) < 4.78 is 5.28. The van der Waals surface area contributed by atoms with Crippen molar-refractivity contribution in [3.63, 3.8) is 0 Å². The van der Waals surface area contributed by atoms with Gasteiger partial charge in [0.25, 0.3) is 0 Å². The van der Waals surface area contributed by atoms with E-state index in [1.54, 1.807) is 12.0 Å². The van der Waals surface area contributed by atoms with Gasteiger partial charge in [-0.05, 0) is 18.1 Å². The smallest absolute Gasteiger partial charge is 0.228 e. The summed E-state index contributed by atoms with van der Waals surface area (Å²) in [6, 6.07) is 8.49. The molecule has 110 valence electrons. The summed E-state index contributed by atoms with van der Waals surface area (Å²) in [7, 11) is 3.56. The summed E-state index contributed by atoms with van der Waals surface area (Å²) in [5.41, 5.74) is 2.21. The number of anilines is 1. The number of carbonyl (C=O) groups is 1. The molecular weight excluding hydrogens is 252 g/mol. The van der Waals surface area contributed by atoms with Gasteiger partial charge in [-0.3, -0.25) is 4.79 Å². The van der Waals surface area contributed by atoms with Crippen molar-refractivity contribution in [1.82, 2.24) is 5.32 Å². The van der Waals surface area contributed by atoms with E-state index >= 15 is 0 Å². The maximum absolute atomic E-state index is 12.1. The molecule has 0 saturated heterocycles. The molecule has 2 atom stereocenters. The van der Waals surface area contributed by atoms with Crippen LogP contribution >= 0.6 is 0 Å². The molecule has 0 bridgehead atoms. The number of methoxy groups -OCH3 is 1. The Kier molecular flexibility index (Phi) is 5.15. The van der Waals surface area contributed by atoms with Crippen LogP contribution in [0.4, 0.5) is 5.69 Å². The lowest BCUT2D eigenvalue weighted by Gasteiger charge is -2.34. The van der Waals surface area contributed by atoms with E-state index in [0.29, 0.717) is 19.1 Å². The van der Waals surface area contributed by atoms with Gasteiger partial charge in [0, 0.05) is 38.3 Å². The van der Waals surface area contributed by atoms with Gasteiger partial charge in [-0.1, -0.05) is 31.5 Å². The van der Waals surface area contributed by atoms with Crippen LogP contribution in [0.15, 0.2) is 24.3 Å². The van der Waals surface area contributed by atoms with E-state index in [9.17, 15) is 4.79 Å². The predicted molar refractivity (Wildman–Crippen MR) is 80.9 cm³/mol. The van der Waals surface area contributed by atoms with E-state index in [1.165, 1.54) is 5.56 Å². The van der Waals surface area contributed by atoms with Gasteiger partial charge in [0.15, 0.2) is 0 Å². The lowest BCUT2D eigenvalue weighted by atomic mass is 9.95. The Labute approximate surface area is 121 Å². The summed E-state index contributed by atoms with van der Waals surface area (Å²) in [6.45, 7) is 2.84. The second-order valence-electron chi connectivity index (χ2n) is 5.38. The van der Waals surface area contributed by atoms with Gasteiger partial charge >= 0.3 is 0 Å². The maximum Gasteiger partial charge on any atom is 0.228 e. The van der Waals surface area contributed by atoms with Crippen LogP contribution in [0.1, 0.15) is 37.8 Å². The summed E-state index contributed by atoms with van der Waals surface area (Å²) in [5.74, 6) is 0.161. The zero-order valence-corrected chi connectivity index (χ0v) is 12.6. The number of para-hydroxylation sites is 1. The Hall–Kier alpha value is -1.39. The minimum atomic E-state index is 0.0848. The fourth-order valence-electron chi connectivity index (χ4n) is 2.84. The molecule has 0 radical (unpaired) electrons. The average Bonchev–Trinajstić information content (AvgIpc) is 2.45. The van der Waals surface area contributed by atoms with Crippen LogP contribution in [0.5, 0.6) is 0 Å². The minimum absolute atomic E-state index is 0.0848. The molecule has 1 aliphatic rings. The zero-order chi connectivity index (χ0) is 14.5. The summed E-state index contributed by atoms with van der Waals surface area (Å²) >= 11 is 0. The summed E-state index contributed by atoms with van der Waals surface area (Å²) in [5, 5.41) is 3.59. The van der Waals surface area contributed by atoms with Gasteiger partial charge in [0.2, 0.25) is 5.91 Å². The lowest BCUT2D eigenvalue weighted by Crippen LogP contribution is -2.42. The average molecular weight is 276 g/mol. The maximum atomic E-state index is 12.1. The first-order chi connectivity index (χ1) is 9.67. The van der Waals surface area contributed by atoms with Crippen molar-refractivity contribution >= 4 is 11.6 Å². The van der Waals surface area contributed by atoms with Crippen molar-refractivity contribution in [2.75, 3.05) is 25.7 Å². The number of nitrogens with zero attached hydrogens (tertiary/aromatic N) is 1. The Morgan fingerprint density at radius 3 is 2.90 bits per heavy atom. The third-order valence-electron chi connectivity index (χ3n) is 3.87. The zero-order valence-electron chi connectivity index (χ0n) is 12.6. The highest BCUT2D eigenvalue weighted by Gasteiger charge is 2.29. The van der Waals surface area contributed by atoms with E-state index < -0.39 is 0 Å². The van der Waals surface area contributed by atoms with E-state index in [2.05, 4.69) is 18.3 Å². The Bertz CT molecular complexity index is 456. The van der Waals surface area contributed by atoms with E-state index in [0.717, 1.165) is 18.5 Å². The largest absolute Gasteiger partial charge is 0.383 e. The van der Waals surface area contributed by atoms with Crippen molar-refractivity contribution in [1.29, 1.82) is 0 Å². The van der Waals surface area contributed by atoms with Crippen molar-refractivity contribution in [2.24, 2.45) is 0 Å². The first-order valence-corrected chi connectivity index (χ1v) is 7.27. The molecule has 20 heavy (non-hydrogen) atoms. The molecule has 2 unspecified atom stereocenters. The van der Waals surface area contributed by atoms with Crippen LogP contribution < -0.4 is 10.2 Å². The van der Waals surface area contributed by atoms with Crippen LogP contribution in [0.25, 0.3) is 0 Å². The molecule has 1 aromatic rings. The molecular formula is C16H24N2O2. The Balaban J connectivity index is 2.19. The van der Waals surface area contributed by atoms with Crippen LogP contribution in [0.3, 0.4) is 0 Å². The molecule has 1 N–H and O–H groups in total. The van der Waals surface area contributed by atoms with Crippen molar-refractivity contribution in [3.8, 4) is 0 Å². The number of nitrogens with one attached hydrogen (secondary N) is 1. The molecule has 1 amide bonds. The van der Waals surface area contributed by atoms with Gasteiger partial charge in [-0.25, -0.2) is 0 Å². The van der Waals surface area contributed by atoms with Gasteiger partial charge in [-0.2, -0.15) is 0 Å². The minimum Gasteiger partial charge on any atom is -0.383 e. The van der Waals surface area contributed by atoms with Gasteiger partial charge < -0.3 is 15.0 Å². The molecule has 4 nitrogen and oxygen atoms in total. The molecule has 0 aromatic heterocycles. The van der Waals surface area contributed by atoms with Crippen molar-refractivity contribution in [2.45, 2.75) is 38.3 Å². The predicted octanol–water partition coefficient (Wildman–Crippen LogP) is 2.50. The monoisotopic (exact) mass is 276 g/mol. The van der Waals surface area contributed by atoms with Crippen LogP contribution in [0, 0.1) is 0 Å². The summed E-state index contributed by atoms with van der Waals surface area (Å²) in [4.78, 5) is 13.9. The third-order valence-corrected chi connectivity index (χ3v) is 3.87. The topological polar surface area (TPSA) is 41.6 Å². The molecule has 1 heterocycles. The summed E-state index contributed by atoms with van der Waals surface area (Å²) in [6.07, 6.45) is 2.66. The standard InChI is InChI=1S/C16H24N2O2/c1-4-7-12(11-20-3)17-14-10-16(19)18(2)15-9-6-5-8-13(14)15/h5-6,8-9,12,14,17H,4,7,10-11H2,1-3H3. The van der Waals surface area contributed by atoms with E-state index in [4.69, 9.17) is 4.74 Å². The number of amides is 1. The van der Waals surface area contributed by atoms with Crippen molar-refractivity contribution < 1.29 is 9.53 Å². The Morgan fingerprint density at radius 2 is 2.20 bits per heavy atom. The highest BCUT2D eigenvalue weighted by molar-refractivity contribution is 5.96. The quantitative estimate of drug-likeness (QED) is 0.868. The number of carbonyl (C=O) groups excluding carboxylic acids is 1. The number of fused-ring (bicyclic) bond motifs is 1. The number of rotatable bonds is 6. The number of ether oxygens (including phenoxy) is 1. The third kappa shape index (κ3) is 3.19. The fourth-order valence-corrected chi connectivity index (χ4v) is 2.84. The van der Waals surface area contributed by atoms with Gasteiger partial charge in [0.05, 0.1) is 6.61 Å². The molecule has 2 rings (SSSR count). The molecule has 1 aromatic carbocycles. The van der Waals surface area contributed by atoms with Gasteiger partial charge in [0.1, 0.15) is 0 Å². The second kappa shape index (κ2) is 6.86. The van der Waals surface area contributed by atoms with E-state index in [1.807, 2.05) is 25.2 Å². The van der Waals surface area contributed by atoms with Crippen molar-refractivity contribution in [3.05, 3.63) is 29.8 Å².